The van der Waals surface area contributed by atoms with E-state index in [9.17, 15) is 9.18 Å². The Balaban J connectivity index is 1.21. The molecule has 180 valence electrons. The van der Waals surface area contributed by atoms with Crippen molar-refractivity contribution < 1.29 is 9.18 Å². The summed E-state index contributed by atoms with van der Waals surface area (Å²) >= 11 is 5.98. The molecule has 10 heteroatoms. The number of hydrogen-bond donors (Lipinski definition) is 1. The van der Waals surface area contributed by atoms with Gasteiger partial charge < -0.3 is 10.2 Å². The summed E-state index contributed by atoms with van der Waals surface area (Å²) in [6, 6.07) is 14.6. The van der Waals surface area contributed by atoms with Gasteiger partial charge in [-0.3, -0.25) is 9.69 Å². The van der Waals surface area contributed by atoms with E-state index in [1.165, 1.54) is 23.8 Å². The normalized spacial score (nSPS) is 14.4. The molecule has 1 aliphatic heterocycles. The van der Waals surface area contributed by atoms with Crippen LogP contribution < -0.4 is 10.2 Å². The molecule has 1 saturated heterocycles. The summed E-state index contributed by atoms with van der Waals surface area (Å²) < 4.78 is 15.7. The number of piperazine rings is 1. The minimum atomic E-state index is -0.652. The first-order valence-corrected chi connectivity index (χ1v) is 11.9. The average molecular weight is 494 g/mol. The van der Waals surface area contributed by atoms with Gasteiger partial charge in [-0.25, -0.2) is 19.0 Å². The number of amides is 1. The van der Waals surface area contributed by atoms with Gasteiger partial charge in [0.1, 0.15) is 18.0 Å². The van der Waals surface area contributed by atoms with E-state index in [1.54, 1.807) is 17.2 Å². The Bertz CT molecular complexity index is 1300. The number of halogens is 2. The third-order valence-electron chi connectivity index (χ3n) is 6.13. The van der Waals surface area contributed by atoms with Gasteiger partial charge in [-0.15, -0.1) is 0 Å². The fourth-order valence-corrected chi connectivity index (χ4v) is 4.58. The minimum Gasteiger partial charge on any atom is -0.353 e. The predicted octanol–water partition coefficient (Wildman–Crippen LogP) is 3.37. The molecule has 0 spiro atoms. The fourth-order valence-electron chi connectivity index (χ4n) is 4.33. The van der Waals surface area contributed by atoms with Crippen LogP contribution in [0.4, 0.5) is 10.2 Å². The number of benzene rings is 2. The van der Waals surface area contributed by atoms with Crippen molar-refractivity contribution in [3.8, 4) is 0 Å². The summed E-state index contributed by atoms with van der Waals surface area (Å²) in [5.74, 6) is -0.350. The topological polar surface area (TPSA) is 79.2 Å². The first-order valence-electron chi connectivity index (χ1n) is 11.5. The summed E-state index contributed by atoms with van der Waals surface area (Å²) in [4.78, 5) is 26.0. The Morgan fingerprint density at radius 2 is 1.83 bits per heavy atom. The summed E-state index contributed by atoms with van der Waals surface area (Å²) in [5, 5.41) is 8.10. The van der Waals surface area contributed by atoms with E-state index in [-0.39, 0.29) is 17.1 Å². The Hall–Kier alpha value is -3.56. The van der Waals surface area contributed by atoms with Crippen LogP contribution >= 0.6 is 11.6 Å². The Kier molecular flexibility index (Phi) is 6.87. The number of nitrogens with one attached hydrogen (secondary N) is 1. The van der Waals surface area contributed by atoms with Crippen molar-refractivity contribution in [1.82, 2.24) is 30.0 Å². The molecule has 0 bridgehead atoms. The molecule has 2 aromatic heterocycles. The van der Waals surface area contributed by atoms with Crippen LogP contribution in [-0.4, -0.2) is 63.3 Å². The SMILES string of the molecule is O=C(NCCn1ncc2c(N3CCN(Cc4ccccc4)CC3)ncnc21)c1c(F)cccc1Cl. The van der Waals surface area contributed by atoms with Crippen LogP contribution in [-0.2, 0) is 13.1 Å². The van der Waals surface area contributed by atoms with Crippen molar-refractivity contribution >= 4 is 34.4 Å². The van der Waals surface area contributed by atoms with Crippen molar-refractivity contribution in [2.24, 2.45) is 0 Å². The molecule has 35 heavy (non-hydrogen) atoms. The maximum Gasteiger partial charge on any atom is 0.255 e. The van der Waals surface area contributed by atoms with Gasteiger partial charge in [0.15, 0.2) is 5.65 Å². The lowest BCUT2D eigenvalue weighted by Gasteiger charge is -2.35. The van der Waals surface area contributed by atoms with Gasteiger partial charge in [0, 0.05) is 39.3 Å². The van der Waals surface area contributed by atoms with Gasteiger partial charge in [0.25, 0.3) is 5.91 Å². The molecule has 8 nitrogen and oxygen atoms in total. The summed E-state index contributed by atoms with van der Waals surface area (Å²) in [6.45, 7) is 5.18. The summed E-state index contributed by atoms with van der Waals surface area (Å²) in [7, 11) is 0. The Morgan fingerprint density at radius 1 is 1.03 bits per heavy atom. The van der Waals surface area contributed by atoms with Crippen LogP contribution in [0.1, 0.15) is 15.9 Å². The van der Waals surface area contributed by atoms with E-state index in [2.05, 4.69) is 54.4 Å². The van der Waals surface area contributed by atoms with Gasteiger partial charge >= 0.3 is 0 Å². The maximum absolute atomic E-state index is 14.0. The zero-order valence-electron chi connectivity index (χ0n) is 19.1. The Morgan fingerprint density at radius 3 is 2.60 bits per heavy atom. The van der Waals surface area contributed by atoms with Crippen LogP contribution in [0.15, 0.2) is 61.1 Å². The van der Waals surface area contributed by atoms with Crippen LogP contribution in [0.3, 0.4) is 0 Å². The molecule has 0 radical (unpaired) electrons. The smallest absolute Gasteiger partial charge is 0.255 e. The van der Waals surface area contributed by atoms with Crippen LogP contribution in [0.2, 0.25) is 5.02 Å². The zero-order valence-corrected chi connectivity index (χ0v) is 19.8. The molecule has 3 heterocycles. The Labute approximate surface area is 207 Å². The van der Waals surface area contributed by atoms with Gasteiger partial charge in [-0.2, -0.15) is 5.10 Å². The maximum atomic E-state index is 14.0. The third-order valence-corrected chi connectivity index (χ3v) is 6.45. The molecule has 4 aromatic rings. The monoisotopic (exact) mass is 493 g/mol. The molecule has 5 rings (SSSR count). The highest BCUT2D eigenvalue weighted by atomic mass is 35.5. The lowest BCUT2D eigenvalue weighted by atomic mass is 10.2. The molecule has 1 aliphatic rings. The molecule has 1 N–H and O–H groups in total. The minimum absolute atomic E-state index is 0.0771. The summed E-state index contributed by atoms with van der Waals surface area (Å²) in [6.07, 6.45) is 3.31. The number of aromatic nitrogens is 4. The molecular formula is C25H25ClFN7O. The molecule has 0 atom stereocenters. The van der Waals surface area contributed by atoms with E-state index in [4.69, 9.17) is 11.6 Å². The number of carbonyl (C=O) groups excluding carboxylic acids is 1. The van der Waals surface area contributed by atoms with E-state index in [1.807, 2.05) is 6.07 Å². The molecule has 2 aromatic carbocycles. The van der Waals surface area contributed by atoms with Crippen LogP contribution in [0.5, 0.6) is 0 Å². The average Bonchev–Trinajstić information content (AvgIpc) is 3.28. The van der Waals surface area contributed by atoms with E-state index >= 15 is 0 Å². The van der Waals surface area contributed by atoms with Crippen molar-refractivity contribution in [3.63, 3.8) is 0 Å². The molecule has 1 amide bonds. The van der Waals surface area contributed by atoms with E-state index < -0.39 is 11.7 Å². The quantitative estimate of drug-likeness (QED) is 0.425. The van der Waals surface area contributed by atoms with Gasteiger partial charge in [-0.1, -0.05) is 48.0 Å². The van der Waals surface area contributed by atoms with Crippen molar-refractivity contribution in [2.75, 3.05) is 37.6 Å². The molecule has 1 fully saturated rings. The standard InChI is InChI=1S/C25H25ClFN7O/c26-20-7-4-8-21(27)22(20)25(35)28-9-10-34-24-19(15-31-34)23(29-17-30-24)33-13-11-32(12-14-33)16-18-5-2-1-3-6-18/h1-8,15,17H,9-14,16H2,(H,28,35). The number of fused-ring (bicyclic) bond motifs is 1. The third kappa shape index (κ3) is 5.11. The lowest BCUT2D eigenvalue weighted by molar-refractivity contribution is 0.0948. The predicted molar refractivity (Wildman–Crippen MR) is 133 cm³/mol. The largest absolute Gasteiger partial charge is 0.353 e. The lowest BCUT2D eigenvalue weighted by Crippen LogP contribution is -2.46. The molecule has 0 aliphatic carbocycles. The highest BCUT2D eigenvalue weighted by Crippen LogP contribution is 2.24. The second kappa shape index (κ2) is 10.4. The highest BCUT2D eigenvalue weighted by molar-refractivity contribution is 6.33. The number of carbonyl (C=O) groups is 1. The first-order chi connectivity index (χ1) is 17.1. The molecule has 0 unspecified atom stereocenters. The highest BCUT2D eigenvalue weighted by Gasteiger charge is 2.21. The van der Waals surface area contributed by atoms with Gasteiger partial charge in [0.2, 0.25) is 0 Å². The fraction of sp³-hybridized carbons (Fsp3) is 0.280. The number of rotatable bonds is 7. The van der Waals surface area contributed by atoms with Gasteiger partial charge in [-0.05, 0) is 17.7 Å². The van der Waals surface area contributed by atoms with Crippen molar-refractivity contribution in [3.05, 3.63) is 83.0 Å². The first kappa shape index (κ1) is 23.2. The number of nitrogens with zero attached hydrogens (tertiary/aromatic N) is 6. The van der Waals surface area contributed by atoms with E-state index in [0.717, 1.165) is 43.9 Å². The number of anilines is 1. The van der Waals surface area contributed by atoms with Gasteiger partial charge in [0.05, 0.1) is 28.7 Å². The van der Waals surface area contributed by atoms with Crippen LogP contribution in [0.25, 0.3) is 11.0 Å². The van der Waals surface area contributed by atoms with Crippen molar-refractivity contribution in [2.45, 2.75) is 13.1 Å². The second-order valence-electron chi connectivity index (χ2n) is 8.40. The van der Waals surface area contributed by atoms with Crippen LogP contribution in [0, 0.1) is 5.82 Å². The second-order valence-corrected chi connectivity index (χ2v) is 8.81. The molecule has 0 saturated carbocycles. The molecular weight excluding hydrogens is 469 g/mol. The summed E-state index contributed by atoms with van der Waals surface area (Å²) in [5.41, 5.74) is 1.85. The zero-order chi connectivity index (χ0) is 24.2. The van der Waals surface area contributed by atoms with E-state index in [0.29, 0.717) is 12.2 Å². The van der Waals surface area contributed by atoms with Crippen molar-refractivity contribution in [1.29, 1.82) is 0 Å². The number of hydrogen-bond acceptors (Lipinski definition) is 6.